The van der Waals surface area contributed by atoms with Crippen molar-refractivity contribution in [2.75, 3.05) is 0 Å². The monoisotopic (exact) mass is 526 g/mol. The van der Waals surface area contributed by atoms with Crippen LogP contribution in [0.3, 0.4) is 0 Å². The Morgan fingerprint density at radius 1 is 0.400 bits per heavy atom. The molecule has 0 bridgehead atoms. The van der Waals surface area contributed by atoms with Crippen molar-refractivity contribution < 1.29 is 4.42 Å². The van der Waals surface area contributed by atoms with Crippen LogP contribution in [0.4, 0.5) is 0 Å². The Bertz CT molecular complexity index is 2380. The molecule has 0 unspecified atom stereocenters. The number of thiophene rings is 1. The molecule has 2 heterocycles. The van der Waals surface area contributed by atoms with E-state index in [1.807, 2.05) is 17.6 Å². The van der Waals surface area contributed by atoms with Gasteiger partial charge in [0.1, 0.15) is 5.58 Å². The minimum atomic E-state index is 0.931. The van der Waals surface area contributed by atoms with Crippen molar-refractivity contribution >= 4 is 74.8 Å². The lowest BCUT2D eigenvalue weighted by Crippen LogP contribution is -1.91. The minimum Gasteiger partial charge on any atom is -0.464 e. The molecule has 0 spiro atoms. The van der Waals surface area contributed by atoms with Gasteiger partial charge in [-0.15, -0.1) is 11.3 Å². The van der Waals surface area contributed by atoms with Gasteiger partial charge in [-0.05, 0) is 61.6 Å². The van der Waals surface area contributed by atoms with Gasteiger partial charge in [0, 0.05) is 36.7 Å². The Morgan fingerprint density at radius 2 is 0.975 bits per heavy atom. The second-order valence-electron chi connectivity index (χ2n) is 10.5. The molecule has 0 fully saturated rings. The fourth-order valence-corrected chi connectivity index (χ4v) is 7.71. The quantitative estimate of drug-likeness (QED) is 0.204. The zero-order valence-electron chi connectivity index (χ0n) is 21.5. The van der Waals surface area contributed by atoms with E-state index in [-0.39, 0.29) is 0 Å². The van der Waals surface area contributed by atoms with Crippen molar-refractivity contribution in [2.45, 2.75) is 0 Å². The third-order valence-corrected chi connectivity index (χ3v) is 9.47. The molecule has 0 saturated carbocycles. The van der Waals surface area contributed by atoms with Crippen LogP contribution < -0.4 is 0 Å². The van der Waals surface area contributed by atoms with Gasteiger partial charge < -0.3 is 4.42 Å². The minimum absolute atomic E-state index is 0.931. The number of benzene rings is 7. The van der Waals surface area contributed by atoms with Crippen LogP contribution in [0.5, 0.6) is 0 Å². The molecule has 0 radical (unpaired) electrons. The maximum Gasteiger partial charge on any atom is 0.135 e. The molecular weight excluding hydrogens is 504 g/mol. The van der Waals surface area contributed by atoms with E-state index < -0.39 is 0 Å². The summed E-state index contributed by atoms with van der Waals surface area (Å²) in [6.45, 7) is 0. The van der Waals surface area contributed by atoms with Crippen LogP contribution in [0.2, 0.25) is 0 Å². The van der Waals surface area contributed by atoms with Crippen molar-refractivity contribution in [2.24, 2.45) is 0 Å². The average molecular weight is 527 g/mol. The molecule has 40 heavy (non-hydrogen) atoms. The van der Waals surface area contributed by atoms with Crippen LogP contribution in [0.1, 0.15) is 0 Å². The first-order valence-electron chi connectivity index (χ1n) is 13.6. The number of rotatable bonds is 2. The number of hydrogen-bond acceptors (Lipinski definition) is 2. The van der Waals surface area contributed by atoms with E-state index in [0.717, 1.165) is 16.5 Å². The number of fused-ring (bicyclic) bond motifs is 7. The molecule has 9 aromatic rings. The molecule has 1 nitrogen and oxygen atoms in total. The largest absolute Gasteiger partial charge is 0.464 e. The van der Waals surface area contributed by atoms with Crippen molar-refractivity contribution in [1.82, 2.24) is 0 Å². The molecule has 0 saturated heterocycles. The van der Waals surface area contributed by atoms with Crippen molar-refractivity contribution in [3.05, 3.63) is 134 Å². The molecule has 0 aliphatic heterocycles. The SMILES string of the molecule is c1ccc2c(-c3c4ccccc4c(-c4coc5cc6sc7ccccc7c6cc45)c4ccccc34)cccc2c1. The number of furan rings is 1. The summed E-state index contributed by atoms with van der Waals surface area (Å²) in [6, 6.07) is 46.3. The summed E-state index contributed by atoms with van der Waals surface area (Å²) in [7, 11) is 0. The highest BCUT2D eigenvalue weighted by molar-refractivity contribution is 7.25. The standard InChI is InChI=1S/C38H22OS/c1-2-12-24-23(10-1)11-9-18-26(24)37-27-14-3-5-16-29(27)38(30-17-6-4-15-28(30)37)33-22-39-34-21-36-32(20-31(33)34)25-13-7-8-19-35(25)40-36/h1-22H. The molecule has 9 rings (SSSR count). The van der Waals surface area contributed by atoms with Gasteiger partial charge in [-0.2, -0.15) is 0 Å². The van der Waals surface area contributed by atoms with Crippen molar-refractivity contribution in [3.8, 4) is 22.3 Å². The summed E-state index contributed by atoms with van der Waals surface area (Å²) >= 11 is 1.83. The molecule has 7 aromatic carbocycles. The van der Waals surface area contributed by atoms with Gasteiger partial charge >= 0.3 is 0 Å². The van der Waals surface area contributed by atoms with Crippen molar-refractivity contribution in [3.63, 3.8) is 0 Å². The first kappa shape index (κ1) is 22.0. The van der Waals surface area contributed by atoms with E-state index in [2.05, 4.69) is 127 Å². The van der Waals surface area contributed by atoms with Gasteiger partial charge in [-0.25, -0.2) is 0 Å². The molecule has 2 heteroatoms. The van der Waals surface area contributed by atoms with E-state index >= 15 is 0 Å². The summed E-state index contributed by atoms with van der Waals surface area (Å²) < 4.78 is 8.85. The zero-order valence-corrected chi connectivity index (χ0v) is 22.3. The predicted molar refractivity (Wildman–Crippen MR) is 172 cm³/mol. The first-order chi connectivity index (χ1) is 19.8. The summed E-state index contributed by atoms with van der Waals surface area (Å²) in [5.41, 5.74) is 5.85. The maximum absolute atomic E-state index is 6.28. The topological polar surface area (TPSA) is 13.1 Å². The molecule has 186 valence electrons. The maximum atomic E-state index is 6.28. The summed E-state index contributed by atoms with van der Waals surface area (Å²) in [5.74, 6) is 0. The summed E-state index contributed by atoms with van der Waals surface area (Å²) in [5, 5.41) is 11.3. The van der Waals surface area contributed by atoms with E-state index in [9.17, 15) is 0 Å². The Balaban J connectivity index is 1.43. The van der Waals surface area contributed by atoms with Crippen LogP contribution in [0.15, 0.2) is 138 Å². The summed E-state index contributed by atoms with van der Waals surface area (Å²) in [6.07, 6.45) is 1.96. The smallest absolute Gasteiger partial charge is 0.135 e. The normalized spacial score (nSPS) is 12.0. The van der Waals surface area contributed by atoms with Gasteiger partial charge in [0.05, 0.1) is 6.26 Å². The molecular formula is C38H22OS. The van der Waals surface area contributed by atoms with Gasteiger partial charge in [0.15, 0.2) is 0 Å². The van der Waals surface area contributed by atoms with E-state index in [0.29, 0.717) is 0 Å². The summed E-state index contributed by atoms with van der Waals surface area (Å²) in [4.78, 5) is 0. The van der Waals surface area contributed by atoms with Gasteiger partial charge in [0.25, 0.3) is 0 Å². The van der Waals surface area contributed by atoms with Gasteiger partial charge in [-0.3, -0.25) is 0 Å². The Kier molecular flexibility index (Phi) is 4.55. The molecule has 0 atom stereocenters. The predicted octanol–water partition coefficient (Wildman–Crippen LogP) is 11.6. The second kappa shape index (κ2) is 8.29. The fourth-order valence-electron chi connectivity index (χ4n) is 6.59. The zero-order chi connectivity index (χ0) is 26.2. The van der Waals surface area contributed by atoms with Gasteiger partial charge in [0.2, 0.25) is 0 Å². The highest BCUT2D eigenvalue weighted by Gasteiger charge is 2.21. The molecule has 0 aliphatic carbocycles. The Morgan fingerprint density at radius 3 is 1.70 bits per heavy atom. The molecule has 2 aromatic heterocycles. The van der Waals surface area contributed by atoms with Crippen LogP contribution in [0, 0.1) is 0 Å². The van der Waals surface area contributed by atoms with E-state index in [1.54, 1.807) is 0 Å². The van der Waals surface area contributed by atoms with Gasteiger partial charge in [-0.1, -0.05) is 109 Å². The lowest BCUT2D eigenvalue weighted by Gasteiger charge is -2.18. The first-order valence-corrected chi connectivity index (χ1v) is 14.4. The lowest BCUT2D eigenvalue weighted by atomic mass is 9.84. The third-order valence-electron chi connectivity index (χ3n) is 8.33. The van der Waals surface area contributed by atoms with Crippen LogP contribution in [-0.4, -0.2) is 0 Å². The Hall–Kier alpha value is -4.92. The van der Waals surface area contributed by atoms with E-state index in [4.69, 9.17) is 4.42 Å². The molecule has 0 amide bonds. The second-order valence-corrected chi connectivity index (χ2v) is 11.5. The van der Waals surface area contributed by atoms with Crippen LogP contribution >= 0.6 is 11.3 Å². The number of hydrogen-bond donors (Lipinski definition) is 0. The average Bonchev–Trinajstić information content (AvgIpc) is 3.59. The third kappa shape index (κ3) is 3.03. The fraction of sp³-hybridized carbons (Fsp3) is 0. The van der Waals surface area contributed by atoms with Crippen LogP contribution in [0.25, 0.3) is 85.7 Å². The molecule has 0 aliphatic rings. The lowest BCUT2D eigenvalue weighted by molar-refractivity contribution is 0.617. The molecule has 0 N–H and O–H groups in total. The Labute approximate surface area is 234 Å². The van der Waals surface area contributed by atoms with Crippen molar-refractivity contribution in [1.29, 1.82) is 0 Å². The highest BCUT2D eigenvalue weighted by atomic mass is 32.1. The highest BCUT2D eigenvalue weighted by Crippen LogP contribution is 2.48. The van der Waals surface area contributed by atoms with Crippen LogP contribution in [-0.2, 0) is 0 Å². The van der Waals surface area contributed by atoms with E-state index in [1.165, 1.54) is 69.2 Å².